The summed E-state index contributed by atoms with van der Waals surface area (Å²) in [6, 6.07) is 0.0855. The van der Waals surface area contributed by atoms with Crippen LogP contribution in [-0.4, -0.2) is 34.1 Å². The molecule has 0 aliphatic heterocycles. The highest BCUT2D eigenvalue weighted by atomic mass is 16.4. The van der Waals surface area contributed by atoms with Gasteiger partial charge in [-0.1, -0.05) is 5.16 Å². The average molecular weight is 237 g/mol. The molecule has 1 unspecified atom stereocenters. The maximum atomic E-state index is 8.53. The van der Waals surface area contributed by atoms with Crippen LogP contribution in [0.1, 0.15) is 24.7 Å². The van der Waals surface area contributed by atoms with E-state index in [1.807, 2.05) is 32.7 Å². The van der Waals surface area contributed by atoms with E-state index in [9.17, 15) is 0 Å². The Kier molecular flexibility index (Phi) is 4.25. The SMILES string of the molecule is Cc1ncc(N(C)C(C)CC(N)=NO)nc1C. The molecule has 6 heteroatoms. The molecule has 0 amide bonds. The molecular weight excluding hydrogens is 218 g/mol. The monoisotopic (exact) mass is 237 g/mol. The summed E-state index contributed by atoms with van der Waals surface area (Å²) in [4.78, 5) is 10.7. The summed E-state index contributed by atoms with van der Waals surface area (Å²) in [6.07, 6.45) is 2.20. The molecule has 1 aromatic heterocycles. The fraction of sp³-hybridized carbons (Fsp3) is 0.545. The third kappa shape index (κ3) is 3.30. The molecule has 17 heavy (non-hydrogen) atoms. The van der Waals surface area contributed by atoms with Crippen LogP contribution in [0.2, 0.25) is 0 Å². The van der Waals surface area contributed by atoms with Gasteiger partial charge < -0.3 is 15.8 Å². The number of oxime groups is 1. The Bertz CT molecular complexity index is 418. The summed E-state index contributed by atoms with van der Waals surface area (Å²) in [5.74, 6) is 0.993. The summed E-state index contributed by atoms with van der Waals surface area (Å²) in [6.45, 7) is 5.83. The van der Waals surface area contributed by atoms with Crippen LogP contribution in [0.25, 0.3) is 0 Å². The molecule has 0 fully saturated rings. The van der Waals surface area contributed by atoms with E-state index in [4.69, 9.17) is 10.9 Å². The minimum atomic E-state index is 0.0855. The van der Waals surface area contributed by atoms with Crippen LogP contribution in [0.5, 0.6) is 0 Å². The van der Waals surface area contributed by atoms with Crippen LogP contribution < -0.4 is 10.6 Å². The van der Waals surface area contributed by atoms with Crippen molar-refractivity contribution in [3.8, 4) is 0 Å². The number of aromatic nitrogens is 2. The van der Waals surface area contributed by atoms with E-state index < -0.39 is 0 Å². The van der Waals surface area contributed by atoms with E-state index in [0.29, 0.717) is 6.42 Å². The lowest BCUT2D eigenvalue weighted by Gasteiger charge is -2.25. The highest BCUT2D eigenvalue weighted by Crippen LogP contribution is 2.14. The molecule has 0 radical (unpaired) electrons. The van der Waals surface area contributed by atoms with Gasteiger partial charge in [0.25, 0.3) is 0 Å². The van der Waals surface area contributed by atoms with Crippen molar-refractivity contribution in [1.82, 2.24) is 9.97 Å². The number of nitrogens with zero attached hydrogens (tertiary/aromatic N) is 4. The number of anilines is 1. The molecule has 3 N–H and O–H groups in total. The summed E-state index contributed by atoms with van der Waals surface area (Å²) < 4.78 is 0. The highest BCUT2D eigenvalue weighted by molar-refractivity contribution is 5.80. The molecule has 1 atom stereocenters. The van der Waals surface area contributed by atoms with Gasteiger partial charge in [-0.15, -0.1) is 0 Å². The van der Waals surface area contributed by atoms with Crippen molar-refractivity contribution >= 4 is 11.7 Å². The van der Waals surface area contributed by atoms with Gasteiger partial charge >= 0.3 is 0 Å². The molecule has 0 saturated heterocycles. The minimum absolute atomic E-state index is 0.0855. The quantitative estimate of drug-likeness (QED) is 0.354. The molecule has 1 rings (SSSR count). The van der Waals surface area contributed by atoms with Gasteiger partial charge in [-0.2, -0.15) is 0 Å². The van der Waals surface area contributed by atoms with Crippen LogP contribution in [0.15, 0.2) is 11.4 Å². The predicted octanol–water partition coefficient (Wildman–Crippen LogP) is 1.05. The number of hydrogen-bond donors (Lipinski definition) is 2. The van der Waals surface area contributed by atoms with E-state index >= 15 is 0 Å². The Morgan fingerprint density at radius 2 is 2.18 bits per heavy atom. The Morgan fingerprint density at radius 3 is 2.71 bits per heavy atom. The Balaban J connectivity index is 2.81. The summed E-state index contributed by atoms with van der Waals surface area (Å²) in [5.41, 5.74) is 7.31. The maximum absolute atomic E-state index is 8.53. The van der Waals surface area contributed by atoms with Crippen LogP contribution in [0.4, 0.5) is 5.82 Å². The van der Waals surface area contributed by atoms with Crippen molar-refractivity contribution in [3.63, 3.8) is 0 Å². The van der Waals surface area contributed by atoms with Crippen LogP contribution in [-0.2, 0) is 0 Å². The molecule has 0 aliphatic carbocycles. The molecule has 0 spiro atoms. The fourth-order valence-electron chi connectivity index (χ4n) is 1.41. The van der Waals surface area contributed by atoms with Gasteiger partial charge in [0, 0.05) is 19.5 Å². The zero-order valence-electron chi connectivity index (χ0n) is 10.7. The summed E-state index contributed by atoms with van der Waals surface area (Å²) >= 11 is 0. The number of amidine groups is 1. The van der Waals surface area contributed by atoms with Crippen LogP contribution in [0.3, 0.4) is 0 Å². The summed E-state index contributed by atoms with van der Waals surface area (Å²) in [5, 5.41) is 11.5. The first-order valence-corrected chi connectivity index (χ1v) is 5.45. The lowest BCUT2D eigenvalue weighted by atomic mass is 10.2. The normalized spacial score (nSPS) is 13.5. The van der Waals surface area contributed by atoms with Crippen molar-refractivity contribution in [2.45, 2.75) is 33.2 Å². The first-order valence-electron chi connectivity index (χ1n) is 5.45. The minimum Gasteiger partial charge on any atom is -0.409 e. The van der Waals surface area contributed by atoms with Crippen molar-refractivity contribution < 1.29 is 5.21 Å². The van der Waals surface area contributed by atoms with Gasteiger partial charge in [-0.05, 0) is 20.8 Å². The van der Waals surface area contributed by atoms with E-state index in [-0.39, 0.29) is 11.9 Å². The summed E-state index contributed by atoms with van der Waals surface area (Å²) in [7, 11) is 1.91. The number of aryl methyl sites for hydroxylation is 2. The zero-order valence-corrected chi connectivity index (χ0v) is 10.7. The smallest absolute Gasteiger partial charge is 0.147 e. The maximum Gasteiger partial charge on any atom is 0.147 e. The molecule has 0 saturated carbocycles. The van der Waals surface area contributed by atoms with E-state index in [0.717, 1.165) is 17.2 Å². The standard InChI is InChI=1S/C11H19N5O/c1-7(5-10(12)15-17)16(4)11-6-13-8(2)9(3)14-11/h6-7,17H,5H2,1-4H3,(H2,12,15). The van der Waals surface area contributed by atoms with Crippen molar-refractivity contribution in [3.05, 3.63) is 17.6 Å². The third-order valence-corrected chi connectivity index (χ3v) is 2.84. The molecular formula is C11H19N5O. The van der Waals surface area contributed by atoms with E-state index in [2.05, 4.69) is 15.1 Å². The lowest BCUT2D eigenvalue weighted by Crippen LogP contribution is -2.34. The number of nitrogens with two attached hydrogens (primary N) is 1. The Hall–Kier alpha value is -1.85. The van der Waals surface area contributed by atoms with Crippen molar-refractivity contribution in [2.75, 3.05) is 11.9 Å². The third-order valence-electron chi connectivity index (χ3n) is 2.84. The molecule has 1 heterocycles. The second kappa shape index (κ2) is 5.47. The molecule has 0 aliphatic rings. The van der Waals surface area contributed by atoms with Gasteiger partial charge in [0.15, 0.2) is 0 Å². The fourth-order valence-corrected chi connectivity index (χ4v) is 1.41. The van der Waals surface area contributed by atoms with Gasteiger partial charge in [-0.3, -0.25) is 4.98 Å². The number of hydrogen-bond acceptors (Lipinski definition) is 5. The molecule has 94 valence electrons. The van der Waals surface area contributed by atoms with Gasteiger partial charge in [0.1, 0.15) is 11.7 Å². The topological polar surface area (TPSA) is 87.6 Å². The number of rotatable bonds is 4. The highest BCUT2D eigenvalue weighted by Gasteiger charge is 2.14. The van der Waals surface area contributed by atoms with Crippen LogP contribution in [0, 0.1) is 13.8 Å². The molecule has 0 bridgehead atoms. The average Bonchev–Trinajstić information content (AvgIpc) is 2.31. The Morgan fingerprint density at radius 1 is 1.53 bits per heavy atom. The second-order valence-electron chi connectivity index (χ2n) is 4.15. The van der Waals surface area contributed by atoms with Crippen molar-refractivity contribution in [2.24, 2.45) is 10.9 Å². The molecule has 1 aromatic rings. The molecule has 6 nitrogen and oxygen atoms in total. The predicted molar refractivity (Wildman–Crippen MR) is 67.4 cm³/mol. The first kappa shape index (κ1) is 13.2. The lowest BCUT2D eigenvalue weighted by molar-refractivity contribution is 0.316. The van der Waals surface area contributed by atoms with Crippen molar-refractivity contribution in [1.29, 1.82) is 0 Å². The molecule has 0 aromatic carbocycles. The van der Waals surface area contributed by atoms with Gasteiger partial charge in [0.05, 0.1) is 17.6 Å². The van der Waals surface area contributed by atoms with Gasteiger partial charge in [0.2, 0.25) is 0 Å². The zero-order chi connectivity index (χ0) is 13.0. The second-order valence-corrected chi connectivity index (χ2v) is 4.15. The largest absolute Gasteiger partial charge is 0.409 e. The van der Waals surface area contributed by atoms with Gasteiger partial charge in [-0.25, -0.2) is 4.98 Å². The van der Waals surface area contributed by atoms with E-state index in [1.54, 1.807) is 6.20 Å². The van der Waals surface area contributed by atoms with Crippen LogP contribution >= 0.6 is 0 Å². The van der Waals surface area contributed by atoms with E-state index in [1.165, 1.54) is 0 Å². The first-order chi connectivity index (χ1) is 7.95. The Labute approximate surface area is 101 Å².